The molecule has 0 aromatic heterocycles. The van der Waals surface area contributed by atoms with E-state index in [1.807, 2.05) is 31.2 Å². The van der Waals surface area contributed by atoms with E-state index in [1.54, 1.807) is 48.7 Å². The molecule has 0 unspecified atom stereocenters. The van der Waals surface area contributed by atoms with Gasteiger partial charge >= 0.3 is 5.97 Å². The van der Waals surface area contributed by atoms with Crippen molar-refractivity contribution in [2.75, 3.05) is 14.2 Å². The molecular weight excluding hydrogens is 396 g/mol. The molecule has 6 heteroatoms. The zero-order valence-corrected chi connectivity index (χ0v) is 20.3. The van der Waals surface area contributed by atoms with Gasteiger partial charge in [0.05, 0.1) is 31.8 Å². The van der Waals surface area contributed by atoms with Gasteiger partial charge in [0.15, 0.2) is 5.78 Å². The highest BCUT2D eigenvalue weighted by Gasteiger charge is 2.40. The Kier molecular flexibility index (Phi) is 9.30. The third kappa shape index (κ3) is 7.39. The Morgan fingerprint density at radius 3 is 2.16 bits per heavy atom. The predicted molar refractivity (Wildman–Crippen MR) is 121 cm³/mol. The van der Waals surface area contributed by atoms with Gasteiger partial charge in [0.25, 0.3) is 0 Å². The van der Waals surface area contributed by atoms with Crippen molar-refractivity contribution in [2.24, 2.45) is 17.3 Å². The minimum atomic E-state index is -1.11. The Bertz CT molecular complexity index is 787. The summed E-state index contributed by atoms with van der Waals surface area (Å²) in [7, 11) is 3.02. The molecule has 31 heavy (non-hydrogen) atoms. The summed E-state index contributed by atoms with van der Waals surface area (Å²) in [6, 6.07) is 7.63. The van der Waals surface area contributed by atoms with Crippen LogP contribution < -0.4 is 4.74 Å². The molecule has 0 saturated heterocycles. The molecule has 0 aliphatic rings. The Morgan fingerprint density at radius 2 is 1.65 bits per heavy atom. The topological polar surface area (TPSA) is 82.1 Å². The molecule has 0 spiro atoms. The highest BCUT2D eigenvalue weighted by molar-refractivity contribution is 5.91. The van der Waals surface area contributed by atoms with E-state index in [4.69, 9.17) is 14.2 Å². The summed E-state index contributed by atoms with van der Waals surface area (Å²) in [4.78, 5) is 25.5. The van der Waals surface area contributed by atoms with Gasteiger partial charge in [0, 0.05) is 5.92 Å². The van der Waals surface area contributed by atoms with Gasteiger partial charge in [-0.15, -0.1) is 0 Å². The lowest BCUT2D eigenvalue weighted by Gasteiger charge is -2.32. The second-order valence-electron chi connectivity index (χ2n) is 9.51. The van der Waals surface area contributed by atoms with Crippen LogP contribution in [0.3, 0.4) is 0 Å². The monoisotopic (exact) mass is 434 g/mol. The van der Waals surface area contributed by atoms with Crippen molar-refractivity contribution in [3.8, 4) is 5.75 Å². The minimum absolute atomic E-state index is 0.188. The number of benzene rings is 1. The van der Waals surface area contributed by atoms with Gasteiger partial charge in [0.1, 0.15) is 17.1 Å². The van der Waals surface area contributed by atoms with E-state index in [9.17, 15) is 14.7 Å². The van der Waals surface area contributed by atoms with Crippen LogP contribution in [0.1, 0.15) is 54.0 Å². The number of allylic oxidation sites excluding steroid dienone is 1. The number of esters is 1. The van der Waals surface area contributed by atoms with Crippen LogP contribution in [0.2, 0.25) is 0 Å². The van der Waals surface area contributed by atoms with E-state index in [-0.39, 0.29) is 17.5 Å². The molecule has 0 aliphatic heterocycles. The van der Waals surface area contributed by atoms with Gasteiger partial charge in [-0.3, -0.25) is 4.79 Å². The zero-order chi connectivity index (χ0) is 24.0. The number of carbonyl (C=O) groups excluding carboxylic acids is 2. The number of ketones is 1. The maximum Gasteiger partial charge on any atom is 0.334 e. The van der Waals surface area contributed by atoms with Crippen molar-refractivity contribution in [3.63, 3.8) is 0 Å². The second-order valence-corrected chi connectivity index (χ2v) is 9.51. The number of rotatable bonds is 10. The van der Waals surface area contributed by atoms with Crippen molar-refractivity contribution >= 4 is 11.8 Å². The number of para-hydroxylation sites is 1. The lowest BCUT2D eigenvalue weighted by molar-refractivity contribution is -0.148. The fourth-order valence-electron chi connectivity index (χ4n) is 3.61. The quantitative estimate of drug-likeness (QED) is 0.335. The predicted octanol–water partition coefficient (Wildman–Crippen LogP) is 4.34. The third-order valence-electron chi connectivity index (χ3n) is 5.35. The first kappa shape index (κ1) is 26.7. The number of Topliss-reactive ketones (excluding diaryl/α,β-unsaturated/α-hetero) is 1. The summed E-state index contributed by atoms with van der Waals surface area (Å²) in [5, 5.41) is 10.9. The molecule has 3 atom stereocenters. The van der Waals surface area contributed by atoms with Crippen molar-refractivity contribution in [2.45, 2.75) is 66.6 Å². The third-order valence-corrected chi connectivity index (χ3v) is 5.35. The Labute approximate surface area is 186 Å². The second kappa shape index (κ2) is 10.8. The minimum Gasteiger partial charge on any atom is -0.500 e. The molecular formula is C25H38O6. The van der Waals surface area contributed by atoms with Crippen LogP contribution in [0.25, 0.3) is 0 Å². The van der Waals surface area contributed by atoms with Crippen LogP contribution in [0.15, 0.2) is 36.1 Å². The highest BCUT2D eigenvalue weighted by atomic mass is 16.6. The molecule has 6 nitrogen and oxygen atoms in total. The first-order valence-electron chi connectivity index (χ1n) is 10.6. The highest BCUT2D eigenvalue weighted by Crippen LogP contribution is 2.34. The Balaban J connectivity index is 3.00. The normalized spacial score (nSPS) is 15.6. The number of carbonyl (C=O) groups is 2. The zero-order valence-electron chi connectivity index (χ0n) is 20.3. The first-order valence-corrected chi connectivity index (χ1v) is 10.6. The van der Waals surface area contributed by atoms with Crippen LogP contribution in [0.5, 0.6) is 5.75 Å². The van der Waals surface area contributed by atoms with Gasteiger partial charge in [-0.25, -0.2) is 4.79 Å². The van der Waals surface area contributed by atoms with Crippen LogP contribution in [-0.4, -0.2) is 42.8 Å². The van der Waals surface area contributed by atoms with Gasteiger partial charge in [-0.2, -0.15) is 0 Å². The molecule has 174 valence electrons. The largest absolute Gasteiger partial charge is 0.500 e. The van der Waals surface area contributed by atoms with Gasteiger partial charge in [-0.05, 0) is 58.6 Å². The summed E-state index contributed by atoms with van der Waals surface area (Å²) in [5.74, 6) is -0.707. The molecule has 0 amide bonds. The Hall–Kier alpha value is -2.34. The van der Waals surface area contributed by atoms with E-state index < -0.39 is 29.0 Å². The van der Waals surface area contributed by atoms with Crippen molar-refractivity contribution in [1.29, 1.82) is 0 Å². The molecule has 1 aromatic carbocycles. The van der Waals surface area contributed by atoms with Gasteiger partial charge in [-0.1, -0.05) is 32.0 Å². The van der Waals surface area contributed by atoms with E-state index in [1.165, 1.54) is 13.2 Å². The Morgan fingerprint density at radius 1 is 1.06 bits per heavy atom. The molecule has 0 bridgehead atoms. The van der Waals surface area contributed by atoms with E-state index in [0.29, 0.717) is 6.42 Å². The van der Waals surface area contributed by atoms with E-state index in [0.717, 1.165) is 11.3 Å². The molecule has 1 rings (SSSR count). The molecule has 1 aromatic rings. The summed E-state index contributed by atoms with van der Waals surface area (Å²) in [5.41, 5.74) is -0.799. The summed E-state index contributed by atoms with van der Waals surface area (Å²) < 4.78 is 16.1. The number of aliphatic hydroxyl groups is 1. The van der Waals surface area contributed by atoms with Crippen molar-refractivity contribution < 1.29 is 28.9 Å². The van der Waals surface area contributed by atoms with Crippen LogP contribution in [0.4, 0.5) is 0 Å². The molecule has 1 N–H and O–H groups in total. The lowest BCUT2D eigenvalue weighted by atomic mass is 9.75. The number of hydrogen-bond donors (Lipinski definition) is 1. The summed E-state index contributed by atoms with van der Waals surface area (Å²) >= 11 is 0. The number of hydrogen-bond acceptors (Lipinski definition) is 6. The fraction of sp³-hybridized carbons (Fsp3) is 0.600. The smallest absolute Gasteiger partial charge is 0.334 e. The molecule has 0 saturated carbocycles. The van der Waals surface area contributed by atoms with E-state index in [2.05, 4.69) is 0 Å². The first-order chi connectivity index (χ1) is 14.2. The maximum absolute atomic E-state index is 13.3. The van der Waals surface area contributed by atoms with E-state index >= 15 is 0 Å². The lowest BCUT2D eigenvalue weighted by Crippen LogP contribution is -2.40. The average molecular weight is 435 g/mol. The number of methoxy groups -OCH3 is 2. The molecule has 0 aliphatic carbocycles. The number of ether oxygens (including phenoxy) is 3. The number of aliphatic hydroxyl groups excluding tert-OH is 1. The maximum atomic E-state index is 13.3. The van der Waals surface area contributed by atoms with Crippen LogP contribution in [-0.2, 0) is 25.5 Å². The fourth-order valence-corrected chi connectivity index (χ4v) is 3.61. The van der Waals surface area contributed by atoms with Gasteiger partial charge < -0.3 is 19.3 Å². The van der Waals surface area contributed by atoms with Crippen LogP contribution in [0, 0.1) is 17.3 Å². The molecule has 0 heterocycles. The van der Waals surface area contributed by atoms with Crippen molar-refractivity contribution in [3.05, 3.63) is 41.7 Å². The summed E-state index contributed by atoms with van der Waals surface area (Å²) in [6.45, 7) is 12.3. The van der Waals surface area contributed by atoms with Crippen molar-refractivity contribution in [1.82, 2.24) is 0 Å². The molecule has 0 radical (unpaired) electrons. The van der Waals surface area contributed by atoms with Crippen LogP contribution >= 0.6 is 0 Å². The SMILES string of the molecule is CO/C(=C\C(=O)OC(C)(C)C)C(C)(C)C(=O)[C@H](C)[C@@H](O)[C@H](C)Cc1ccccc1OC. The summed E-state index contributed by atoms with van der Waals surface area (Å²) in [6.07, 6.45) is 0.894. The standard InChI is InChI=1S/C25H38O6/c1-16(14-18-12-10-11-13-19(18)29-8)22(27)17(2)23(28)25(6,7)20(30-9)15-21(26)31-24(3,4)5/h10-13,15-17,22,27H,14H2,1-9H3/b20-15-/t16-,17-,22+/m1/s1. The molecule has 0 fully saturated rings. The van der Waals surface area contributed by atoms with Gasteiger partial charge in [0.2, 0.25) is 0 Å². The average Bonchev–Trinajstić information content (AvgIpc) is 2.69.